The summed E-state index contributed by atoms with van der Waals surface area (Å²) in [4.78, 5) is 11.1. The zero-order valence-electron chi connectivity index (χ0n) is 7.98. The minimum atomic E-state index is -1.77. The Morgan fingerprint density at radius 1 is 1.58 bits per heavy atom. The van der Waals surface area contributed by atoms with Gasteiger partial charge in [0, 0.05) is 0 Å². The van der Waals surface area contributed by atoms with Gasteiger partial charge in [0.15, 0.2) is 0 Å². The molecule has 0 spiro atoms. The van der Waals surface area contributed by atoms with Gasteiger partial charge in [0.25, 0.3) is 0 Å². The first-order valence-corrected chi connectivity index (χ1v) is 3.85. The van der Waals surface area contributed by atoms with E-state index in [1.54, 1.807) is 6.92 Å². The Hall–Kier alpha value is -0.640. The van der Waals surface area contributed by atoms with E-state index in [0.717, 1.165) is 0 Å². The summed E-state index contributed by atoms with van der Waals surface area (Å²) in [5.74, 6) is -0.711. The van der Waals surface area contributed by atoms with E-state index in [9.17, 15) is 9.18 Å². The molecule has 0 aliphatic heterocycles. The lowest BCUT2D eigenvalue weighted by Gasteiger charge is -2.34. The van der Waals surface area contributed by atoms with E-state index in [4.69, 9.17) is 5.73 Å². The van der Waals surface area contributed by atoms with Crippen LogP contribution in [0.15, 0.2) is 0 Å². The quantitative estimate of drug-likeness (QED) is 0.655. The minimum absolute atomic E-state index is 0.211. The van der Waals surface area contributed by atoms with Gasteiger partial charge in [-0.3, -0.25) is 0 Å². The van der Waals surface area contributed by atoms with E-state index >= 15 is 0 Å². The average Bonchev–Trinajstić information content (AvgIpc) is 1.99. The fraction of sp³-hybridized carbons (Fsp3) is 0.875. The molecule has 0 rings (SSSR count). The molecule has 1 unspecified atom stereocenters. The first-order chi connectivity index (χ1) is 5.29. The van der Waals surface area contributed by atoms with Crippen molar-refractivity contribution in [3.8, 4) is 0 Å². The molecule has 3 nitrogen and oxygen atoms in total. The standard InChI is InChI=1S/C8H16FNO2/c1-5-8(10,6(11)12-4)7(2,3)9/h5,10H2,1-4H3. The number of rotatable bonds is 3. The monoisotopic (exact) mass is 177 g/mol. The van der Waals surface area contributed by atoms with E-state index in [1.807, 2.05) is 0 Å². The summed E-state index contributed by atoms with van der Waals surface area (Å²) in [6, 6.07) is 0. The summed E-state index contributed by atoms with van der Waals surface area (Å²) >= 11 is 0. The maximum Gasteiger partial charge on any atom is 0.329 e. The summed E-state index contributed by atoms with van der Waals surface area (Å²) in [7, 11) is 1.20. The highest BCUT2D eigenvalue weighted by Gasteiger charge is 2.48. The van der Waals surface area contributed by atoms with Crippen molar-refractivity contribution >= 4 is 5.97 Å². The predicted octanol–water partition coefficient (Wildman–Crippen LogP) is 1.01. The number of carbonyl (C=O) groups is 1. The van der Waals surface area contributed by atoms with Crippen LogP contribution in [-0.2, 0) is 9.53 Å². The zero-order chi connectivity index (χ0) is 9.99. The van der Waals surface area contributed by atoms with Crippen molar-refractivity contribution in [1.29, 1.82) is 0 Å². The maximum absolute atomic E-state index is 13.4. The van der Waals surface area contributed by atoms with Crippen molar-refractivity contribution in [2.75, 3.05) is 7.11 Å². The van der Waals surface area contributed by atoms with E-state index in [2.05, 4.69) is 4.74 Å². The number of carbonyl (C=O) groups excluding carboxylic acids is 1. The smallest absolute Gasteiger partial charge is 0.329 e. The third-order valence-corrected chi connectivity index (χ3v) is 2.17. The Kier molecular flexibility index (Phi) is 3.21. The average molecular weight is 177 g/mol. The van der Waals surface area contributed by atoms with Gasteiger partial charge >= 0.3 is 5.97 Å². The van der Waals surface area contributed by atoms with Crippen LogP contribution in [0.5, 0.6) is 0 Å². The molecule has 0 aromatic carbocycles. The highest BCUT2D eigenvalue weighted by Crippen LogP contribution is 2.27. The van der Waals surface area contributed by atoms with Gasteiger partial charge in [-0.2, -0.15) is 0 Å². The first-order valence-electron chi connectivity index (χ1n) is 3.85. The molecule has 2 N–H and O–H groups in total. The lowest BCUT2D eigenvalue weighted by atomic mass is 9.82. The normalized spacial score (nSPS) is 16.8. The number of halogens is 1. The van der Waals surface area contributed by atoms with Crippen LogP contribution in [0, 0.1) is 0 Å². The van der Waals surface area contributed by atoms with E-state index in [0.29, 0.717) is 0 Å². The molecule has 0 aromatic rings. The Morgan fingerprint density at radius 2 is 2.00 bits per heavy atom. The Labute approximate surface area is 72.1 Å². The molecule has 0 fully saturated rings. The molecular weight excluding hydrogens is 161 g/mol. The lowest BCUT2D eigenvalue weighted by molar-refractivity contribution is -0.153. The second kappa shape index (κ2) is 3.39. The summed E-state index contributed by atoms with van der Waals surface area (Å²) in [6.45, 7) is 4.19. The molecule has 0 amide bonds. The van der Waals surface area contributed by atoms with Gasteiger partial charge in [-0.25, -0.2) is 9.18 Å². The van der Waals surface area contributed by atoms with Crippen LogP contribution < -0.4 is 5.73 Å². The summed E-state index contributed by atoms with van der Waals surface area (Å²) < 4.78 is 17.9. The van der Waals surface area contributed by atoms with Crippen molar-refractivity contribution in [3.05, 3.63) is 0 Å². The number of alkyl halides is 1. The second-order valence-electron chi connectivity index (χ2n) is 3.29. The molecule has 0 saturated heterocycles. The van der Waals surface area contributed by atoms with Crippen molar-refractivity contribution in [3.63, 3.8) is 0 Å². The highest BCUT2D eigenvalue weighted by atomic mass is 19.1. The maximum atomic E-state index is 13.4. The van der Waals surface area contributed by atoms with Crippen LogP contribution in [-0.4, -0.2) is 24.3 Å². The Balaban J connectivity index is 4.80. The topological polar surface area (TPSA) is 52.3 Å². The van der Waals surface area contributed by atoms with Gasteiger partial charge in [0.1, 0.15) is 11.2 Å². The third-order valence-electron chi connectivity index (χ3n) is 2.17. The van der Waals surface area contributed by atoms with Gasteiger partial charge < -0.3 is 10.5 Å². The number of ether oxygens (including phenoxy) is 1. The molecule has 0 heterocycles. The Morgan fingerprint density at radius 3 is 2.08 bits per heavy atom. The second-order valence-corrected chi connectivity index (χ2v) is 3.29. The van der Waals surface area contributed by atoms with Gasteiger partial charge in [0.05, 0.1) is 7.11 Å². The number of hydrogen-bond donors (Lipinski definition) is 1. The van der Waals surface area contributed by atoms with Crippen LogP contribution in [0.1, 0.15) is 27.2 Å². The molecule has 4 heteroatoms. The van der Waals surface area contributed by atoms with E-state index in [1.165, 1.54) is 21.0 Å². The molecule has 0 radical (unpaired) electrons. The molecule has 0 aliphatic carbocycles. The SMILES string of the molecule is CCC(N)(C(=O)OC)C(C)(C)F. The van der Waals surface area contributed by atoms with Gasteiger partial charge in [-0.05, 0) is 20.3 Å². The molecule has 12 heavy (non-hydrogen) atoms. The number of esters is 1. The van der Waals surface area contributed by atoms with E-state index < -0.39 is 17.2 Å². The van der Waals surface area contributed by atoms with Gasteiger partial charge in [-0.15, -0.1) is 0 Å². The first kappa shape index (κ1) is 11.4. The van der Waals surface area contributed by atoms with Crippen LogP contribution in [0.2, 0.25) is 0 Å². The predicted molar refractivity (Wildman–Crippen MR) is 44.4 cm³/mol. The number of methoxy groups -OCH3 is 1. The van der Waals surface area contributed by atoms with Crippen molar-refractivity contribution < 1.29 is 13.9 Å². The van der Waals surface area contributed by atoms with E-state index in [-0.39, 0.29) is 6.42 Å². The number of nitrogens with two attached hydrogens (primary N) is 1. The molecule has 72 valence electrons. The van der Waals surface area contributed by atoms with Crippen LogP contribution in [0.25, 0.3) is 0 Å². The summed E-state index contributed by atoms with van der Waals surface area (Å²) in [5.41, 5.74) is 2.27. The molecule has 1 atom stereocenters. The molecular formula is C8H16FNO2. The minimum Gasteiger partial charge on any atom is -0.468 e. The molecule has 0 aliphatic rings. The highest BCUT2D eigenvalue weighted by molar-refractivity contribution is 5.82. The van der Waals surface area contributed by atoms with Crippen LogP contribution in [0.3, 0.4) is 0 Å². The molecule has 0 bridgehead atoms. The van der Waals surface area contributed by atoms with Crippen molar-refractivity contribution in [1.82, 2.24) is 0 Å². The largest absolute Gasteiger partial charge is 0.468 e. The summed E-state index contributed by atoms with van der Waals surface area (Å²) in [6.07, 6.45) is 0.211. The summed E-state index contributed by atoms with van der Waals surface area (Å²) in [5, 5.41) is 0. The molecule has 0 aromatic heterocycles. The van der Waals surface area contributed by atoms with Gasteiger partial charge in [-0.1, -0.05) is 6.92 Å². The van der Waals surface area contributed by atoms with Crippen LogP contribution >= 0.6 is 0 Å². The fourth-order valence-corrected chi connectivity index (χ4v) is 0.990. The number of hydrogen-bond acceptors (Lipinski definition) is 3. The van der Waals surface area contributed by atoms with Crippen molar-refractivity contribution in [2.45, 2.75) is 38.4 Å². The lowest BCUT2D eigenvalue weighted by Crippen LogP contribution is -2.60. The van der Waals surface area contributed by atoms with Crippen molar-refractivity contribution in [2.24, 2.45) is 5.73 Å². The molecule has 0 saturated carbocycles. The third kappa shape index (κ3) is 1.75. The van der Waals surface area contributed by atoms with Crippen LogP contribution in [0.4, 0.5) is 4.39 Å². The van der Waals surface area contributed by atoms with Gasteiger partial charge in [0.2, 0.25) is 0 Å². The zero-order valence-corrected chi connectivity index (χ0v) is 7.98. The Bertz CT molecular complexity index is 176. The fourth-order valence-electron chi connectivity index (χ4n) is 0.990.